The molecule has 126 valence electrons. The zero-order valence-corrected chi connectivity index (χ0v) is 15.1. The van der Waals surface area contributed by atoms with Crippen molar-refractivity contribution in [3.8, 4) is 5.75 Å². The van der Waals surface area contributed by atoms with Gasteiger partial charge in [-0.2, -0.15) is 12.6 Å². The third kappa shape index (κ3) is 7.78. The molecule has 0 heterocycles. The number of unbranched alkanes of at least 4 members (excludes halogenated alkanes) is 1. The van der Waals surface area contributed by atoms with E-state index < -0.39 is 0 Å². The Morgan fingerprint density at radius 3 is 2.22 bits per heavy atom. The zero-order valence-electron chi connectivity index (χ0n) is 13.4. The van der Waals surface area contributed by atoms with Crippen LogP contribution in [0, 0.1) is 0 Å². The number of halogens is 1. The molecule has 0 amide bonds. The molecule has 4 heteroatoms. The van der Waals surface area contributed by atoms with E-state index in [1.54, 1.807) is 0 Å². The van der Waals surface area contributed by atoms with E-state index in [0.717, 1.165) is 43.8 Å². The first kappa shape index (κ1) is 19.9. The fourth-order valence-electron chi connectivity index (χ4n) is 2.32. The van der Waals surface area contributed by atoms with E-state index in [1.165, 1.54) is 11.1 Å². The van der Waals surface area contributed by atoms with Crippen LogP contribution in [-0.4, -0.2) is 18.4 Å². The Hall–Kier alpha value is -1.16. The summed E-state index contributed by atoms with van der Waals surface area (Å²) in [5.41, 5.74) is 8.46. The predicted molar refractivity (Wildman–Crippen MR) is 104 cm³/mol. The van der Waals surface area contributed by atoms with E-state index >= 15 is 0 Å². The molecule has 0 aliphatic carbocycles. The van der Waals surface area contributed by atoms with Crippen molar-refractivity contribution in [2.75, 3.05) is 12.4 Å². The number of hydrogen-bond donors (Lipinski definition) is 2. The summed E-state index contributed by atoms with van der Waals surface area (Å²) >= 11 is 4.19. The maximum atomic E-state index is 5.83. The summed E-state index contributed by atoms with van der Waals surface area (Å²) in [7, 11) is 0. The summed E-state index contributed by atoms with van der Waals surface area (Å²) < 4.78 is 5.77. The van der Waals surface area contributed by atoms with Gasteiger partial charge in [0.25, 0.3) is 0 Å². The average Bonchev–Trinajstić information content (AvgIpc) is 2.57. The fourth-order valence-corrected chi connectivity index (χ4v) is 2.51. The van der Waals surface area contributed by atoms with Crippen molar-refractivity contribution >= 4 is 25.0 Å². The minimum absolute atomic E-state index is 0. The smallest absolute Gasteiger partial charge is 0.119 e. The third-order valence-electron chi connectivity index (χ3n) is 3.65. The van der Waals surface area contributed by atoms with Crippen LogP contribution in [-0.2, 0) is 6.42 Å². The Balaban J connectivity index is 0.00000264. The van der Waals surface area contributed by atoms with Crippen LogP contribution in [0.1, 0.15) is 30.4 Å². The van der Waals surface area contributed by atoms with E-state index in [9.17, 15) is 0 Å². The van der Waals surface area contributed by atoms with Gasteiger partial charge >= 0.3 is 0 Å². The van der Waals surface area contributed by atoms with Gasteiger partial charge in [-0.25, -0.2) is 0 Å². The number of thiol groups is 1. The maximum absolute atomic E-state index is 5.83. The highest BCUT2D eigenvalue weighted by atomic mass is 35.5. The molecule has 0 saturated carbocycles. The van der Waals surface area contributed by atoms with Crippen molar-refractivity contribution < 1.29 is 4.74 Å². The van der Waals surface area contributed by atoms with Crippen molar-refractivity contribution in [1.82, 2.24) is 0 Å². The fraction of sp³-hybridized carbons (Fsp3) is 0.368. The normalized spacial score (nSPS) is 11.6. The molecule has 0 saturated heterocycles. The Labute approximate surface area is 151 Å². The molecule has 0 aromatic heterocycles. The van der Waals surface area contributed by atoms with Crippen LogP contribution in [0.25, 0.3) is 0 Å². The molecular formula is C19H26ClNOS. The lowest BCUT2D eigenvalue weighted by molar-refractivity contribution is 0.304. The molecule has 2 N–H and O–H groups in total. The second-order valence-electron chi connectivity index (χ2n) is 5.59. The van der Waals surface area contributed by atoms with Gasteiger partial charge in [0, 0.05) is 11.8 Å². The topological polar surface area (TPSA) is 35.2 Å². The van der Waals surface area contributed by atoms with Crippen molar-refractivity contribution in [2.24, 2.45) is 5.73 Å². The monoisotopic (exact) mass is 351 g/mol. The van der Waals surface area contributed by atoms with Gasteiger partial charge in [0.1, 0.15) is 5.75 Å². The number of ether oxygens (including phenoxy) is 1. The molecule has 0 bridgehead atoms. The van der Waals surface area contributed by atoms with Crippen LogP contribution >= 0.6 is 25.0 Å². The van der Waals surface area contributed by atoms with Gasteiger partial charge < -0.3 is 10.5 Å². The summed E-state index contributed by atoms with van der Waals surface area (Å²) in [6, 6.07) is 19.1. The molecule has 1 atom stereocenters. The largest absolute Gasteiger partial charge is 0.494 e. The van der Waals surface area contributed by atoms with Crippen molar-refractivity contribution in [1.29, 1.82) is 0 Å². The molecule has 23 heavy (non-hydrogen) atoms. The molecule has 0 aliphatic rings. The standard InChI is InChI=1S/C19H25NOS.ClH/c20-18(15-22)8-4-5-13-21-19-11-9-17(10-12-19)14-16-6-2-1-3-7-16;/h1-3,6-7,9-12,18,22H,4-5,8,13-15,20H2;1H. The third-order valence-corrected chi connectivity index (χ3v) is 4.12. The molecular weight excluding hydrogens is 326 g/mol. The molecule has 1 unspecified atom stereocenters. The minimum atomic E-state index is 0. The summed E-state index contributed by atoms with van der Waals surface area (Å²) in [4.78, 5) is 0. The van der Waals surface area contributed by atoms with Crippen molar-refractivity contribution in [3.05, 3.63) is 65.7 Å². The summed E-state index contributed by atoms with van der Waals surface area (Å²) in [6.07, 6.45) is 4.10. The van der Waals surface area contributed by atoms with Crippen LogP contribution in [0.5, 0.6) is 5.75 Å². The van der Waals surface area contributed by atoms with Crippen LogP contribution in [0.15, 0.2) is 54.6 Å². The second-order valence-corrected chi connectivity index (χ2v) is 5.96. The van der Waals surface area contributed by atoms with Gasteiger partial charge in [0.15, 0.2) is 0 Å². The molecule has 2 aromatic carbocycles. The molecule has 0 fully saturated rings. The molecule has 0 radical (unpaired) electrons. The Kier molecular flexibility index (Phi) is 9.85. The highest BCUT2D eigenvalue weighted by Gasteiger charge is 2.00. The first-order chi connectivity index (χ1) is 10.8. The van der Waals surface area contributed by atoms with Gasteiger partial charge in [-0.05, 0) is 48.9 Å². The van der Waals surface area contributed by atoms with Crippen LogP contribution < -0.4 is 10.5 Å². The van der Waals surface area contributed by atoms with E-state index in [0.29, 0.717) is 0 Å². The lowest BCUT2D eigenvalue weighted by atomic mass is 10.1. The Bertz CT molecular complexity index is 533. The number of nitrogens with two attached hydrogens (primary N) is 1. The highest BCUT2D eigenvalue weighted by Crippen LogP contribution is 2.15. The molecule has 2 rings (SSSR count). The minimum Gasteiger partial charge on any atom is -0.494 e. The number of benzene rings is 2. The van der Waals surface area contributed by atoms with Gasteiger partial charge in [-0.3, -0.25) is 0 Å². The SMILES string of the molecule is Cl.NC(CS)CCCCOc1ccc(Cc2ccccc2)cc1. The summed E-state index contributed by atoms with van der Waals surface area (Å²) in [5.74, 6) is 1.69. The van der Waals surface area contributed by atoms with Gasteiger partial charge in [0.2, 0.25) is 0 Å². The zero-order chi connectivity index (χ0) is 15.6. The lowest BCUT2D eigenvalue weighted by Gasteiger charge is -2.09. The Morgan fingerprint density at radius 2 is 1.57 bits per heavy atom. The van der Waals surface area contributed by atoms with Crippen molar-refractivity contribution in [2.45, 2.75) is 31.7 Å². The van der Waals surface area contributed by atoms with Gasteiger partial charge in [-0.1, -0.05) is 42.5 Å². The van der Waals surface area contributed by atoms with Gasteiger partial charge in [-0.15, -0.1) is 12.4 Å². The quantitative estimate of drug-likeness (QED) is 0.515. The average molecular weight is 352 g/mol. The molecule has 2 aromatic rings. The van der Waals surface area contributed by atoms with Crippen molar-refractivity contribution in [3.63, 3.8) is 0 Å². The van der Waals surface area contributed by atoms with Crippen LogP contribution in [0.3, 0.4) is 0 Å². The van der Waals surface area contributed by atoms with Crippen LogP contribution in [0.2, 0.25) is 0 Å². The summed E-state index contributed by atoms with van der Waals surface area (Å²) in [5, 5.41) is 0. The van der Waals surface area contributed by atoms with E-state index in [-0.39, 0.29) is 18.4 Å². The van der Waals surface area contributed by atoms with E-state index in [1.807, 2.05) is 6.07 Å². The molecule has 0 spiro atoms. The first-order valence-corrected chi connectivity index (χ1v) is 8.53. The first-order valence-electron chi connectivity index (χ1n) is 7.90. The van der Waals surface area contributed by atoms with Crippen LogP contribution in [0.4, 0.5) is 0 Å². The molecule has 0 aliphatic heterocycles. The Morgan fingerprint density at radius 1 is 0.913 bits per heavy atom. The summed E-state index contributed by atoms with van der Waals surface area (Å²) in [6.45, 7) is 0.747. The second kappa shape index (κ2) is 11.4. The predicted octanol–water partition coefficient (Wildman–Crippen LogP) is 4.51. The number of hydrogen-bond acceptors (Lipinski definition) is 3. The highest BCUT2D eigenvalue weighted by molar-refractivity contribution is 7.80. The van der Waals surface area contributed by atoms with E-state index in [4.69, 9.17) is 10.5 Å². The molecule has 2 nitrogen and oxygen atoms in total. The lowest BCUT2D eigenvalue weighted by Crippen LogP contribution is -2.21. The van der Waals surface area contributed by atoms with Gasteiger partial charge in [0.05, 0.1) is 6.61 Å². The van der Waals surface area contributed by atoms with E-state index in [2.05, 4.69) is 61.2 Å². The maximum Gasteiger partial charge on any atom is 0.119 e. The number of rotatable bonds is 9.